The van der Waals surface area contributed by atoms with E-state index < -0.39 is 5.41 Å². The molecule has 0 aromatic heterocycles. The number of benzene rings is 1. The van der Waals surface area contributed by atoms with Gasteiger partial charge in [0.2, 0.25) is 0 Å². The zero-order chi connectivity index (χ0) is 15.9. The number of rotatable bonds is 7. The van der Waals surface area contributed by atoms with Crippen molar-refractivity contribution in [2.75, 3.05) is 13.1 Å². The van der Waals surface area contributed by atoms with Crippen LogP contribution in [-0.2, 0) is 5.41 Å². The highest BCUT2D eigenvalue weighted by atomic mass is 19.1. The van der Waals surface area contributed by atoms with Crippen LogP contribution < -0.4 is 10.6 Å². The molecule has 0 aliphatic carbocycles. The van der Waals surface area contributed by atoms with E-state index in [0.29, 0.717) is 31.5 Å². The van der Waals surface area contributed by atoms with E-state index in [-0.39, 0.29) is 18.0 Å². The average Bonchev–Trinajstić information content (AvgIpc) is 2.45. The highest BCUT2D eigenvalue weighted by Gasteiger charge is 2.24. The van der Waals surface area contributed by atoms with Gasteiger partial charge in [0, 0.05) is 18.5 Å². The van der Waals surface area contributed by atoms with Gasteiger partial charge in [-0.05, 0) is 24.5 Å². The van der Waals surface area contributed by atoms with Gasteiger partial charge in [-0.3, -0.25) is 0 Å². The standard InChI is InChI=1S/C16H25FN2O2/c1-4-12(20)9-10-18-15(21)19-11-16(2,3)13-7-5-6-8-14(13)17/h5-8,12,20H,4,9-11H2,1-3H3,(H2,18,19,21). The van der Waals surface area contributed by atoms with E-state index in [4.69, 9.17) is 0 Å². The molecule has 0 saturated carbocycles. The monoisotopic (exact) mass is 296 g/mol. The summed E-state index contributed by atoms with van der Waals surface area (Å²) in [6.07, 6.45) is 0.810. The molecule has 0 aliphatic heterocycles. The minimum absolute atomic E-state index is 0.268. The van der Waals surface area contributed by atoms with Crippen molar-refractivity contribution in [1.29, 1.82) is 0 Å². The number of carbonyl (C=O) groups is 1. The van der Waals surface area contributed by atoms with Crippen molar-refractivity contribution < 1.29 is 14.3 Å². The van der Waals surface area contributed by atoms with Crippen LogP contribution in [0.2, 0.25) is 0 Å². The summed E-state index contributed by atoms with van der Waals surface area (Å²) < 4.78 is 13.8. The van der Waals surface area contributed by atoms with E-state index in [1.807, 2.05) is 20.8 Å². The number of aliphatic hydroxyl groups excluding tert-OH is 1. The van der Waals surface area contributed by atoms with Gasteiger partial charge in [-0.2, -0.15) is 0 Å². The number of hydrogen-bond acceptors (Lipinski definition) is 2. The predicted molar refractivity (Wildman–Crippen MR) is 81.7 cm³/mol. The van der Waals surface area contributed by atoms with Crippen LogP contribution in [0.5, 0.6) is 0 Å². The van der Waals surface area contributed by atoms with Gasteiger partial charge >= 0.3 is 6.03 Å². The number of hydrogen-bond donors (Lipinski definition) is 3. The molecule has 0 spiro atoms. The fourth-order valence-corrected chi connectivity index (χ4v) is 2.03. The van der Waals surface area contributed by atoms with Gasteiger partial charge in [0.15, 0.2) is 0 Å². The third-order valence-electron chi connectivity index (χ3n) is 3.53. The summed E-state index contributed by atoms with van der Waals surface area (Å²) in [4.78, 5) is 11.7. The Balaban J connectivity index is 2.43. The Morgan fingerprint density at radius 1 is 1.33 bits per heavy atom. The smallest absolute Gasteiger partial charge is 0.314 e. The Labute approximate surface area is 125 Å². The molecule has 0 radical (unpaired) electrons. The Bertz CT molecular complexity index is 463. The van der Waals surface area contributed by atoms with Crippen LogP contribution in [-0.4, -0.2) is 30.3 Å². The molecule has 1 aromatic rings. The van der Waals surface area contributed by atoms with Crippen molar-refractivity contribution in [1.82, 2.24) is 10.6 Å². The number of carbonyl (C=O) groups excluding carboxylic acids is 1. The summed E-state index contributed by atoms with van der Waals surface area (Å²) in [6, 6.07) is 6.28. The van der Waals surface area contributed by atoms with Crippen molar-refractivity contribution in [2.24, 2.45) is 0 Å². The zero-order valence-electron chi connectivity index (χ0n) is 12.9. The third kappa shape index (κ3) is 5.71. The van der Waals surface area contributed by atoms with E-state index in [9.17, 15) is 14.3 Å². The molecule has 2 amide bonds. The average molecular weight is 296 g/mol. The molecule has 1 unspecified atom stereocenters. The Kier molecular flexibility index (Phi) is 6.62. The fourth-order valence-electron chi connectivity index (χ4n) is 2.03. The molecular weight excluding hydrogens is 271 g/mol. The molecule has 1 rings (SSSR count). The van der Waals surface area contributed by atoms with Crippen LogP contribution in [0.25, 0.3) is 0 Å². The first kappa shape index (κ1) is 17.4. The van der Waals surface area contributed by atoms with E-state index >= 15 is 0 Å². The van der Waals surface area contributed by atoms with E-state index in [0.717, 1.165) is 0 Å². The topological polar surface area (TPSA) is 61.4 Å². The summed E-state index contributed by atoms with van der Waals surface area (Å²) >= 11 is 0. The molecule has 4 nitrogen and oxygen atoms in total. The lowest BCUT2D eigenvalue weighted by atomic mass is 9.84. The molecule has 118 valence electrons. The molecule has 0 aliphatic rings. The number of halogens is 1. The highest BCUT2D eigenvalue weighted by molar-refractivity contribution is 5.73. The van der Waals surface area contributed by atoms with Crippen molar-refractivity contribution in [3.8, 4) is 0 Å². The molecule has 21 heavy (non-hydrogen) atoms. The first-order valence-corrected chi connectivity index (χ1v) is 7.31. The van der Waals surface area contributed by atoms with Crippen molar-refractivity contribution in [3.05, 3.63) is 35.6 Å². The Morgan fingerprint density at radius 2 is 2.00 bits per heavy atom. The Morgan fingerprint density at radius 3 is 2.62 bits per heavy atom. The van der Waals surface area contributed by atoms with Gasteiger partial charge < -0.3 is 15.7 Å². The molecular formula is C16H25FN2O2. The summed E-state index contributed by atoms with van der Waals surface area (Å²) in [6.45, 7) is 6.40. The number of amides is 2. The van der Waals surface area contributed by atoms with Gasteiger partial charge in [-0.25, -0.2) is 9.18 Å². The van der Waals surface area contributed by atoms with Crippen molar-refractivity contribution in [2.45, 2.75) is 45.1 Å². The number of urea groups is 1. The van der Waals surface area contributed by atoms with E-state index in [2.05, 4.69) is 10.6 Å². The van der Waals surface area contributed by atoms with Crippen LogP contribution in [0.3, 0.4) is 0 Å². The molecule has 5 heteroatoms. The van der Waals surface area contributed by atoms with E-state index in [1.165, 1.54) is 6.07 Å². The van der Waals surface area contributed by atoms with Crippen molar-refractivity contribution >= 4 is 6.03 Å². The van der Waals surface area contributed by atoms with Gasteiger partial charge in [-0.1, -0.05) is 39.0 Å². The first-order valence-electron chi connectivity index (χ1n) is 7.31. The lowest BCUT2D eigenvalue weighted by Gasteiger charge is -2.26. The molecule has 0 saturated heterocycles. The highest BCUT2D eigenvalue weighted by Crippen LogP contribution is 2.24. The normalized spacial score (nSPS) is 12.8. The second-order valence-corrected chi connectivity index (χ2v) is 5.82. The quantitative estimate of drug-likeness (QED) is 0.724. The molecule has 0 fully saturated rings. The molecule has 1 atom stereocenters. The van der Waals surface area contributed by atoms with Crippen LogP contribution in [0, 0.1) is 5.82 Å². The molecule has 3 N–H and O–H groups in total. The SMILES string of the molecule is CCC(O)CCNC(=O)NCC(C)(C)c1ccccc1F. The van der Waals surface area contributed by atoms with Crippen LogP contribution >= 0.6 is 0 Å². The molecule has 1 aromatic carbocycles. The second kappa shape index (κ2) is 7.98. The van der Waals surface area contributed by atoms with Crippen molar-refractivity contribution in [3.63, 3.8) is 0 Å². The van der Waals surface area contributed by atoms with Gasteiger partial charge in [0.25, 0.3) is 0 Å². The fraction of sp³-hybridized carbons (Fsp3) is 0.562. The lowest BCUT2D eigenvalue weighted by Crippen LogP contribution is -2.43. The van der Waals surface area contributed by atoms with Crippen LogP contribution in [0.4, 0.5) is 9.18 Å². The summed E-state index contributed by atoms with van der Waals surface area (Å²) in [5.74, 6) is -0.268. The molecule has 0 heterocycles. The predicted octanol–water partition coefficient (Wildman–Crippen LogP) is 2.56. The number of aliphatic hydroxyl groups is 1. The maximum atomic E-state index is 13.8. The maximum absolute atomic E-state index is 13.8. The minimum Gasteiger partial charge on any atom is -0.393 e. The Hall–Kier alpha value is -1.62. The van der Waals surface area contributed by atoms with Crippen LogP contribution in [0.15, 0.2) is 24.3 Å². The summed E-state index contributed by atoms with van der Waals surface area (Å²) in [7, 11) is 0. The third-order valence-corrected chi connectivity index (χ3v) is 3.53. The van der Waals surface area contributed by atoms with Gasteiger partial charge in [-0.15, -0.1) is 0 Å². The summed E-state index contributed by atoms with van der Waals surface area (Å²) in [5.41, 5.74) is 0.0812. The van der Waals surface area contributed by atoms with Gasteiger partial charge in [0.1, 0.15) is 5.82 Å². The van der Waals surface area contributed by atoms with E-state index in [1.54, 1.807) is 18.2 Å². The zero-order valence-corrected chi connectivity index (χ0v) is 12.9. The molecule has 0 bridgehead atoms. The largest absolute Gasteiger partial charge is 0.393 e. The van der Waals surface area contributed by atoms with Gasteiger partial charge in [0.05, 0.1) is 6.10 Å². The van der Waals surface area contributed by atoms with Crippen LogP contribution in [0.1, 0.15) is 39.2 Å². The maximum Gasteiger partial charge on any atom is 0.314 e. The summed E-state index contributed by atoms with van der Waals surface area (Å²) in [5, 5.41) is 14.8. The number of nitrogens with one attached hydrogen (secondary N) is 2. The first-order chi connectivity index (χ1) is 9.86. The second-order valence-electron chi connectivity index (χ2n) is 5.82. The minimum atomic E-state index is -0.494. The lowest BCUT2D eigenvalue weighted by molar-refractivity contribution is 0.160.